The molecule has 1 aliphatic rings. The van der Waals surface area contributed by atoms with E-state index < -0.39 is 20.1 Å². The van der Waals surface area contributed by atoms with Crippen LogP contribution in [0.1, 0.15) is 26.3 Å². The summed E-state index contributed by atoms with van der Waals surface area (Å²) in [6.45, 7) is 10.9. The minimum absolute atomic E-state index is 0.00176. The number of amidine groups is 1. The van der Waals surface area contributed by atoms with E-state index in [4.69, 9.17) is 14.0 Å². The summed E-state index contributed by atoms with van der Waals surface area (Å²) in [5.74, 6) is 0.459. The minimum Gasteiger partial charge on any atom is -0.444 e. The van der Waals surface area contributed by atoms with E-state index in [1.807, 2.05) is 0 Å². The molecule has 1 amide bonds. The monoisotopic (exact) mass is 423 g/mol. The standard InChI is InChI=1S/C19H29N3O6Si/c1-19(2,3)15-11-21(17(20-26-4)16(15)28-29(5)6)18(23)27-12-13-7-9-14(10-8-13)22(24)25/h7-10,15-16,29H,11-12H2,1-6H3/b20-17-/t15-,16?/m1/s1. The Bertz CT molecular complexity index is 760. The fourth-order valence-corrected chi connectivity index (χ4v) is 4.09. The topological polar surface area (TPSA) is 104 Å². The number of non-ortho nitro benzene ring substituents is 1. The molecule has 0 bridgehead atoms. The average molecular weight is 424 g/mol. The molecule has 2 rings (SSSR count). The molecule has 29 heavy (non-hydrogen) atoms. The molecule has 1 heterocycles. The highest BCUT2D eigenvalue weighted by atomic mass is 28.3. The highest BCUT2D eigenvalue weighted by Crippen LogP contribution is 2.37. The number of carbonyl (C=O) groups is 1. The van der Waals surface area contributed by atoms with Gasteiger partial charge in [-0.2, -0.15) is 0 Å². The summed E-state index contributed by atoms with van der Waals surface area (Å²) in [6, 6.07) is 5.88. The first kappa shape index (κ1) is 22.8. The smallest absolute Gasteiger partial charge is 0.415 e. The summed E-state index contributed by atoms with van der Waals surface area (Å²) in [6.07, 6.45) is -0.890. The number of rotatable bonds is 6. The summed E-state index contributed by atoms with van der Waals surface area (Å²) < 4.78 is 11.6. The zero-order chi connectivity index (χ0) is 21.8. The van der Waals surface area contributed by atoms with Crippen molar-refractivity contribution in [2.45, 2.75) is 46.6 Å². The summed E-state index contributed by atoms with van der Waals surface area (Å²) in [5, 5.41) is 14.8. The number of amides is 1. The highest BCUT2D eigenvalue weighted by Gasteiger charge is 2.48. The number of ether oxygens (including phenoxy) is 1. The van der Waals surface area contributed by atoms with E-state index in [1.165, 1.54) is 24.1 Å². The molecule has 1 fully saturated rings. The van der Waals surface area contributed by atoms with Gasteiger partial charge in [-0.25, -0.2) is 4.79 Å². The lowest BCUT2D eigenvalue weighted by molar-refractivity contribution is -0.384. The number of benzene rings is 1. The normalized spacial score (nSPS) is 20.9. The van der Waals surface area contributed by atoms with Gasteiger partial charge in [-0.3, -0.25) is 15.0 Å². The van der Waals surface area contributed by atoms with Gasteiger partial charge in [0.05, 0.1) is 4.92 Å². The Labute approximate surface area is 172 Å². The largest absolute Gasteiger partial charge is 0.444 e. The van der Waals surface area contributed by atoms with Crippen molar-refractivity contribution in [3.8, 4) is 0 Å². The van der Waals surface area contributed by atoms with E-state index in [9.17, 15) is 14.9 Å². The Hall–Kier alpha value is -2.46. The van der Waals surface area contributed by atoms with E-state index >= 15 is 0 Å². The van der Waals surface area contributed by atoms with E-state index in [2.05, 4.69) is 39.0 Å². The molecule has 160 valence electrons. The van der Waals surface area contributed by atoms with Crippen LogP contribution in [0, 0.1) is 21.4 Å². The summed E-state index contributed by atoms with van der Waals surface area (Å²) in [4.78, 5) is 29.5. The zero-order valence-corrected chi connectivity index (χ0v) is 18.9. The molecule has 1 aromatic carbocycles. The molecule has 0 N–H and O–H groups in total. The van der Waals surface area contributed by atoms with Crippen molar-refractivity contribution in [2.24, 2.45) is 16.5 Å². The maximum atomic E-state index is 12.8. The first-order chi connectivity index (χ1) is 13.5. The van der Waals surface area contributed by atoms with E-state index in [0.29, 0.717) is 17.9 Å². The number of hydrogen-bond acceptors (Lipinski definition) is 7. The molecule has 2 atom stereocenters. The Morgan fingerprint density at radius 1 is 1.31 bits per heavy atom. The second-order valence-electron chi connectivity index (χ2n) is 8.30. The van der Waals surface area contributed by atoms with Crippen molar-refractivity contribution in [1.29, 1.82) is 0 Å². The van der Waals surface area contributed by atoms with E-state index in [0.717, 1.165) is 0 Å². The Morgan fingerprint density at radius 3 is 2.41 bits per heavy atom. The summed E-state index contributed by atoms with van der Waals surface area (Å²) >= 11 is 0. The van der Waals surface area contributed by atoms with Crippen molar-refractivity contribution in [3.63, 3.8) is 0 Å². The molecule has 10 heteroatoms. The minimum atomic E-state index is -1.40. The lowest BCUT2D eigenvalue weighted by Gasteiger charge is -2.31. The molecule has 9 nitrogen and oxygen atoms in total. The molecular formula is C19H29N3O6Si. The van der Waals surface area contributed by atoms with Crippen molar-refractivity contribution >= 4 is 26.7 Å². The second-order valence-corrected chi connectivity index (χ2v) is 10.7. The highest BCUT2D eigenvalue weighted by molar-refractivity contribution is 6.48. The van der Waals surface area contributed by atoms with E-state index in [-0.39, 0.29) is 29.7 Å². The van der Waals surface area contributed by atoms with Gasteiger partial charge in [0, 0.05) is 24.6 Å². The van der Waals surface area contributed by atoms with Crippen LogP contribution in [0.3, 0.4) is 0 Å². The van der Waals surface area contributed by atoms with Crippen LogP contribution in [0.5, 0.6) is 0 Å². The van der Waals surface area contributed by atoms with Crippen LogP contribution in [0.15, 0.2) is 29.4 Å². The molecule has 1 unspecified atom stereocenters. The average Bonchev–Trinajstić information content (AvgIpc) is 2.98. The molecule has 0 aromatic heterocycles. The predicted molar refractivity (Wildman–Crippen MR) is 111 cm³/mol. The van der Waals surface area contributed by atoms with Crippen molar-refractivity contribution in [2.75, 3.05) is 13.7 Å². The third kappa shape index (κ3) is 5.77. The van der Waals surface area contributed by atoms with Gasteiger partial charge >= 0.3 is 6.09 Å². The van der Waals surface area contributed by atoms with Crippen LogP contribution in [-0.4, -0.2) is 50.6 Å². The van der Waals surface area contributed by atoms with Gasteiger partial charge < -0.3 is 14.0 Å². The number of hydrogen-bond donors (Lipinski definition) is 0. The van der Waals surface area contributed by atoms with Crippen LogP contribution in [-0.2, 0) is 20.6 Å². The number of nitrogens with zero attached hydrogens (tertiary/aromatic N) is 3. The maximum Gasteiger partial charge on any atom is 0.415 e. The molecule has 0 saturated carbocycles. The Balaban J connectivity index is 2.16. The molecule has 0 radical (unpaired) electrons. The van der Waals surface area contributed by atoms with Crippen LogP contribution in [0.4, 0.5) is 10.5 Å². The third-order valence-electron chi connectivity index (χ3n) is 4.72. The number of nitro benzene ring substituents is 1. The van der Waals surface area contributed by atoms with Gasteiger partial charge in [-0.05, 0) is 36.2 Å². The first-order valence-electron chi connectivity index (χ1n) is 9.48. The third-order valence-corrected chi connectivity index (χ3v) is 5.56. The van der Waals surface area contributed by atoms with Gasteiger partial charge in [0.2, 0.25) is 0 Å². The van der Waals surface area contributed by atoms with Crippen molar-refractivity contribution in [3.05, 3.63) is 39.9 Å². The lowest BCUT2D eigenvalue weighted by atomic mass is 9.79. The number of oxime groups is 1. The van der Waals surface area contributed by atoms with E-state index in [1.54, 1.807) is 12.1 Å². The zero-order valence-electron chi connectivity index (χ0n) is 17.7. The van der Waals surface area contributed by atoms with Gasteiger partial charge in [-0.15, -0.1) is 0 Å². The number of nitro groups is 1. The second kappa shape index (κ2) is 9.36. The SMILES string of the molecule is CO/N=C1/C(O[SiH](C)C)[C@H](C(C)(C)C)CN1C(=O)OCc1ccc([N+](=O)[O-])cc1. The quantitative estimate of drug-likeness (QED) is 0.394. The number of carbonyl (C=O) groups excluding carboxylic acids is 1. The summed E-state index contributed by atoms with van der Waals surface area (Å²) in [5.41, 5.74) is 0.527. The van der Waals surface area contributed by atoms with Crippen LogP contribution < -0.4 is 0 Å². The molecule has 0 spiro atoms. The van der Waals surface area contributed by atoms with Gasteiger partial charge in [0.15, 0.2) is 14.9 Å². The first-order valence-corrected chi connectivity index (χ1v) is 12.3. The fraction of sp³-hybridized carbons (Fsp3) is 0.579. The van der Waals surface area contributed by atoms with Crippen LogP contribution in [0.2, 0.25) is 13.1 Å². The van der Waals surface area contributed by atoms with Gasteiger partial charge in [-0.1, -0.05) is 25.9 Å². The Morgan fingerprint density at radius 2 is 1.93 bits per heavy atom. The lowest BCUT2D eigenvalue weighted by Crippen LogP contribution is -2.39. The molecule has 1 aliphatic heterocycles. The van der Waals surface area contributed by atoms with Crippen LogP contribution in [0.25, 0.3) is 0 Å². The van der Waals surface area contributed by atoms with Crippen molar-refractivity contribution in [1.82, 2.24) is 4.90 Å². The maximum absolute atomic E-state index is 12.8. The molecule has 0 aliphatic carbocycles. The number of likely N-dealkylation sites (tertiary alicyclic amines) is 1. The summed E-state index contributed by atoms with van der Waals surface area (Å²) in [7, 11) is 0.0273. The van der Waals surface area contributed by atoms with Crippen molar-refractivity contribution < 1.29 is 23.7 Å². The molecule has 1 saturated heterocycles. The van der Waals surface area contributed by atoms with Crippen LogP contribution >= 0.6 is 0 Å². The molecule has 1 aromatic rings. The predicted octanol–water partition coefficient (Wildman–Crippen LogP) is 3.54. The molecular weight excluding hydrogens is 394 g/mol. The fourth-order valence-electron chi connectivity index (χ4n) is 3.20. The van der Waals surface area contributed by atoms with Gasteiger partial charge in [0.25, 0.3) is 5.69 Å². The Kier molecular flexibility index (Phi) is 7.36. The van der Waals surface area contributed by atoms with Gasteiger partial charge in [0.1, 0.15) is 19.8 Å².